The average Bonchev–Trinajstić information content (AvgIpc) is 2.17. The van der Waals surface area contributed by atoms with Gasteiger partial charge in [-0.05, 0) is 19.4 Å². The van der Waals surface area contributed by atoms with Crippen LogP contribution < -0.4 is 0 Å². The minimum atomic E-state index is -0.372. The van der Waals surface area contributed by atoms with Crippen molar-refractivity contribution in [3.05, 3.63) is 12.3 Å². The van der Waals surface area contributed by atoms with Gasteiger partial charge in [-0.15, -0.1) is 0 Å². The lowest BCUT2D eigenvalue weighted by atomic mass is 10.0. The van der Waals surface area contributed by atoms with Gasteiger partial charge in [0, 0.05) is 18.7 Å². The molecule has 1 heterocycles. The molecule has 0 unspecified atom stereocenters. The van der Waals surface area contributed by atoms with Gasteiger partial charge in [-0.25, -0.2) is 4.79 Å². The Morgan fingerprint density at radius 3 is 2.93 bits per heavy atom. The summed E-state index contributed by atoms with van der Waals surface area (Å²) in [6.07, 6.45) is 3.71. The van der Waals surface area contributed by atoms with Gasteiger partial charge in [0.05, 0.1) is 6.61 Å². The molecule has 4 heteroatoms. The summed E-state index contributed by atoms with van der Waals surface area (Å²) in [4.78, 5) is 24.0. The SMILES string of the molecule is CCOC(=O)N1C=CC(=O)C[C@@H]1CC. The highest BCUT2D eigenvalue weighted by atomic mass is 16.6. The number of carbonyl (C=O) groups is 2. The van der Waals surface area contributed by atoms with E-state index in [0.29, 0.717) is 13.0 Å². The molecule has 0 aromatic heterocycles. The first kappa shape index (κ1) is 10.8. The molecular weight excluding hydrogens is 182 g/mol. The maximum atomic E-state index is 11.4. The summed E-state index contributed by atoms with van der Waals surface area (Å²) < 4.78 is 4.87. The molecule has 0 aromatic carbocycles. The molecule has 0 aliphatic carbocycles. The lowest BCUT2D eigenvalue weighted by Crippen LogP contribution is -2.40. The van der Waals surface area contributed by atoms with E-state index < -0.39 is 0 Å². The van der Waals surface area contributed by atoms with Crippen LogP contribution >= 0.6 is 0 Å². The zero-order valence-electron chi connectivity index (χ0n) is 8.53. The van der Waals surface area contributed by atoms with Crippen molar-refractivity contribution in [3.8, 4) is 0 Å². The molecule has 0 N–H and O–H groups in total. The van der Waals surface area contributed by atoms with Crippen molar-refractivity contribution in [2.75, 3.05) is 6.61 Å². The minimum absolute atomic E-state index is 0.0495. The summed E-state index contributed by atoms with van der Waals surface area (Å²) in [5.41, 5.74) is 0. The van der Waals surface area contributed by atoms with Crippen LogP contribution in [0.5, 0.6) is 0 Å². The number of ether oxygens (including phenoxy) is 1. The van der Waals surface area contributed by atoms with Crippen molar-refractivity contribution in [1.29, 1.82) is 0 Å². The molecule has 1 aliphatic rings. The van der Waals surface area contributed by atoms with E-state index in [9.17, 15) is 9.59 Å². The van der Waals surface area contributed by atoms with E-state index in [1.165, 1.54) is 17.2 Å². The number of amides is 1. The van der Waals surface area contributed by atoms with Gasteiger partial charge in [-0.3, -0.25) is 9.69 Å². The summed E-state index contributed by atoms with van der Waals surface area (Å²) in [5, 5.41) is 0. The summed E-state index contributed by atoms with van der Waals surface area (Å²) >= 11 is 0. The Bertz CT molecular complexity index is 260. The van der Waals surface area contributed by atoms with Gasteiger partial charge in [0.2, 0.25) is 0 Å². The van der Waals surface area contributed by atoms with Gasteiger partial charge in [0.1, 0.15) is 0 Å². The van der Waals surface area contributed by atoms with Crippen LogP contribution in [0.1, 0.15) is 26.7 Å². The van der Waals surface area contributed by atoms with E-state index in [1.807, 2.05) is 6.92 Å². The molecule has 1 atom stereocenters. The number of hydrogen-bond donors (Lipinski definition) is 0. The second-order valence-corrected chi connectivity index (χ2v) is 3.15. The molecule has 4 nitrogen and oxygen atoms in total. The molecular formula is C10H15NO3. The molecule has 1 amide bonds. The first-order valence-electron chi connectivity index (χ1n) is 4.85. The van der Waals surface area contributed by atoms with Gasteiger partial charge < -0.3 is 4.74 Å². The van der Waals surface area contributed by atoms with Crippen molar-refractivity contribution in [2.45, 2.75) is 32.7 Å². The van der Waals surface area contributed by atoms with Crippen LogP contribution in [-0.4, -0.2) is 29.4 Å². The van der Waals surface area contributed by atoms with Crippen molar-refractivity contribution >= 4 is 11.9 Å². The van der Waals surface area contributed by atoms with Crippen molar-refractivity contribution in [2.24, 2.45) is 0 Å². The first-order chi connectivity index (χ1) is 6.69. The minimum Gasteiger partial charge on any atom is -0.449 e. The summed E-state index contributed by atoms with van der Waals surface area (Å²) in [7, 11) is 0. The number of ketones is 1. The van der Waals surface area contributed by atoms with E-state index in [4.69, 9.17) is 4.74 Å². The molecule has 0 aromatic rings. The topological polar surface area (TPSA) is 46.6 Å². The quantitative estimate of drug-likeness (QED) is 0.677. The van der Waals surface area contributed by atoms with Crippen LogP contribution in [0.3, 0.4) is 0 Å². The Balaban J connectivity index is 2.70. The standard InChI is InChI=1S/C10H15NO3/c1-3-8-7-9(12)5-6-11(8)10(13)14-4-2/h5-6,8H,3-4,7H2,1-2H3/t8-/m0/s1. The molecule has 0 radical (unpaired) electrons. The van der Waals surface area contributed by atoms with Gasteiger partial charge in [0.15, 0.2) is 5.78 Å². The normalized spacial score (nSPS) is 21.1. The lowest BCUT2D eigenvalue weighted by Gasteiger charge is -2.28. The molecule has 1 rings (SSSR count). The average molecular weight is 197 g/mol. The Morgan fingerprint density at radius 2 is 2.36 bits per heavy atom. The number of hydrogen-bond acceptors (Lipinski definition) is 3. The molecule has 0 saturated carbocycles. The molecule has 0 fully saturated rings. The van der Waals surface area contributed by atoms with Gasteiger partial charge >= 0.3 is 6.09 Å². The first-order valence-corrected chi connectivity index (χ1v) is 4.85. The smallest absolute Gasteiger partial charge is 0.414 e. The predicted octanol–water partition coefficient (Wildman–Crippen LogP) is 1.71. The van der Waals surface area contributed by atoms with Gasteiger partial charge in [-0.1, -0.05) is 6.92 Å². The zero-order chi connectivity index (χ0) is 10.6. The van der Waals surface area contributed by atoms with Crippen molar-refractivity contribution in [3.63, 3.8) is 0 Å². The fourth-order valence-electron chi connectivity index (χ4n) is 1.43. The fourth-order valence-corrected chi connectivity index (χ4v) is 1.43. The number of allylic oxidation sites excluding steroid dienone is 1. The highest BCUT2D eigenvalue weighted by Gasteiger charge is 2.26. The summed E-state index contributed by atoms with van der Waals surface area (Å²) in [6, 6.07) is -0.0495. The number of carbonyl (C=O) groups excluding carboxylic acids is 2. The molecule has 1 aliphatic heterocycles. The maximum absolute atomic E-state index is 11.4. The molecule has 78 valence electrons. The van der Waals surface area contributed by atoms with E-state index in [-0.39, 0.29) is 17.9 Å². The molecule has 0 saturated heterocycles. The van der Waals surface area contributed by atoms with Crippen LogP contribution in [0.4, 0.5) is 4.79 Å². The zero-order valence-corrected chi connectivity index (χ0v) is 8.53. The lowest BCUT2D eigenvalue weighted by molar-refractivity contribution is -0.116. The second kappa shape index (κ2) is 4.79. The summed E-state index contributed by atoms with van der Waals surface area (Å²) in [6.45, 7) is 4.06. The van der Waals surface area contributed by atoms with Crippen LogP contribution in [0, 0.1) is 0 Å². The fraction of sp³-hybridized carbons (Fsp3) is 0.600. The number of nitrogens with zero attached hydrogens (tertiary/aromatic N) is 1. The third kappa shape index (κ3) is 2.34. The Hall–Kier alpha value is -1.32. The Kier molecular flexibility index (Phi) is 3.68. The van der Waals surface area contributed by atoms with Crippen LogP contribution in [-0.2, 0) is 9.53 Å². The van der Waals surface area contributed by atoms with Gasteiger partial charge in [0.25, 0.3) is 0 Å². The largest absolute Gasteiger partial charge is 0.449 e. The van der Waals surface area contributed by atoms with Gasteiger partial charge in [-0.2, -0.15) is 0 Å². The van der Waals surface area contributed by atoms with E-state index in [0.717, 1.165) is 6.42 Å². The molecule has 0 bridgehead atoms. The molecule has 0 spiro atoms. The van der Waals surface area contributed by atoms with E-state index in [2.05, 4.69) is 0 Å². The highest BCUT2D eigenvalue weighted by Crippen LogP contribution is 2.16. The Morgan fingerprint density at radius 1 is 1.64 bits per heavy atom. The highest BCUT2D eigenvalue weighted by molar-refractivity contribution is 5.92. The third-order valence-corrected chi connectivity index (χ3v) is 2.20. The van der Waals surface area contributed by atoms with Crippen LogP contribution in [0.25, 0.3) is 0 Å². The second-order valence-electron chi connectivity index (χ2n) is 3.15. The van der Waals surface area contributed by atoms with Crippen molar-refractivity contribution < 1.29 is 14.3 Å². The van der Waals surface area contributed by atoms with Crippen LogP contribution in [0.2, 0.25) is 0 Å². The Labute approximate surface area is 83.5 Å². The third-order valence-electron chi connectivity index (χ3n) is 2.20. The van der Waals surface area contributed by atoms with Crippen LogP contribution in [0.15, 0.2) is 12.3 Å². The summed E-state index contributed by atoms with van der Waals surface area (Å²) in [5.74, 6) is 0.0670. The number of rotatable bonds is 2. The van der Waals surface area contributed by atoms with E-state index >= 15 is 0 Å². The predicted molar refractivity (Wildman–Crippen MR) is 51.7 cm³/mol. The monoisotopic (exact) mass is 197 g/mol. The molecule has 14 heavy (non-hydrogen) atoms. The maximum Gasteiger partial charge on any atom is 0.414 e. The van der Waals surface area contributed by atoms with E-state index in [1.54, 1.807) is 6.92 Å². The van der Waals surface area contributed by atoms with Crippen molar-refractivity contribution in [1.82, 2.24) is 4.90 Å².